The Labute approximate surface area is 117 Å². The van der Waals surface area contributed by atoms with E-state index in [1.165, 1.54) is 50.6 Å². The van der Waals surface area contributed by atoms with Crippen LogP contribution in [-0.2, 0) is 12.8 Å². The van der Waals surface area contributed by atoms with Gasteiger partial charge in [-0.25, -0.2) is 0 Å². The maximum Gasteiger partial charge on any atom is 0.0343 e. The molecular weight excluding hydrogens is 232 g/mol. The second-order valence-electron chi connectivity index (χ2n) is 6.43. The van der Waals surface area contributed by atoms with Crippen LogP contribution in [0.3, 0.4) is 0 Å². The summed E-state index contributed by atoms with van der Waals surface area (Å²) in [4.78, 5) is 0. The second kappa shape index (κ2) is 5.54. The Morgan fingerprint density at radius 3 is 2.47 bits per heavy atom. The lowest BCUT2D eigenvalue weighted by molar-refractivity contribution is 0.151. The monoisotopic (exact) mass is 258 g/mol. The third-order valence-electron chi connectivity index (χ3n) is 4.98. The molecule has 0 heterocycles. The first-order chi connectivity index (χ1) is 9.31. The molecule has 0 atom stereocenters. The van der Waals surface area contributed by atoms with Crippen LogP contribution in [0.4, 0.5) is 5.69 Å². The lowest BCUT2D eigenvalue weighted by Crippen LogP contribution is -2.44. The molecule has 1 aromatic carbocycles. The Balaban J connectivity index is 1.63. The van der Waals surface area contributed by atoms with E-state index in [1.807, 2.05) is 0 Å². The van der Waals surface area contributed by atoms with Crippen LogP contribution < -0.4 is 10.6 Å². The first-order valence-corrected chi connectivity index (χ1v) is 7.82. The van der Waals surface area contributed by atoms with Crippen molar-refractivity contribution in [3.05, 3.63) is 29.3 Å². The Morgan fingerprint density at radius 2 is 1.79 bits per heavy atom. The van der Waals surface area contributed by atoms with Crippen LogP contribution in [0.15, 0.2) is 18.2 Å². The Hall–Kier alpha value is -1.02. The molecule has 3 rings (SSSR count). The van der Waals surface area contributed by atoms with Crippen LogP contribution in [0.25, 0.3) is 0 Å². The molecule has 104 valence electrons. The van der Waals surface area contributed by atoms with Crippen molar-refractivity contribution in [1.82, 2.24) is 5.32 Å². The molecule has 2 aliphatic carbocycles. The van der Waals surface area contributed by atoms with Crippen molar-refractivity contribution in [2.24, 2.45) is 5.41 Å². The molecular formula is C17H26N2. The van der Waals surface area contributed by atoms with E-state index < -0.39 is 0 Å². The first kappa shape index (κ1) is 13.0. The van der Waals surface area contributed by atoms with Crippen molar-refractivity contribution < 1.29 is 0 Å². The molecule has 1 fully saturated rings. The van der Waals surface area contributed by atoms with E-state index in [4.69, 9.17) is 0 Å². The molecule has 19 heavy (non-hydrogen) atoms. The highest BCUT2D eigenvalue weighted by molar-refractivity contribution is 5.49. The highest BCUT2D eigenvalue weighted by Gasteiger charge is 2.35. The maximum absolute atomic E-state index is 3.68. The molecule has 1 aromatic rings. The zero-order valence-corrected chi connectivity index (χ0v) is 12.1. The quantitative estimate of drug-likeness (QED) is 0.846. The molecule has 0 amide bonds. The normalized spacial score (nSPS) is 20.5. The number of hydrogen-bond acceptors (Lipinski definition) is 2. The molecule has 0 aromatic heterocycles. The highest BCUT2D eigenvalue weighted by atomic mass is 14.9. The molecule has 0 bridgehead atoms. The van der Waals surface area contributed by atoms with Gasteiger partial charge >= 0.3 is 0 Å². The van der Waals surface area contributed by atoms with Crippen molar-refractivity contribution in [2.45, 2.75) is 44.9 Å². The van der Waals surface area contributed by atoms with Gasteiger partial charge < -0.3 is 10.6 Å². The molecule has 2 aliphatic rings. The van der Waals surface area contributed by atoms with Gasteiger partial charge in [-0.1, -0.05) is 12.5 Å². The van der Waals surface area contributed by atoms with Gasteiger partial charge in [0.1, 0.15) is 0 Å². The average Bonchev–Trinajstić information content (AvgIpc) is 2.41. The number of fused-ring (bicyclic) bond motifs is 1. The van der Waals surface area contributed by atoms with E-state index >= 15 is 0 Å². The molecule has 0 aliphatic heterocycles. The van der Waals surface area contributed by atoms with Crippen molar-refractivity contribution in [1.29, 1.82) is 0 Å². The summed E-state index contributed by atoms with van der Waals surface area (Å²) in [6.45, 7) is 2.26. The van der Waals surface area contributed by atoms with Gasteiger partial charge in [-0.15, -0.1) is 0 Å². The van der Waals surface area contributed by atoms with Crippen molar-refractivity contribution >= 4 is 5.69 Å². The summed E-state index contributed by atoms with van der Waals surface area (Å²) in [6, 6.07) is 7.00. The topological polar surface area (TPSA) is 24.1 Å². The minimum Gasteiger partial charge on any atom is -0.384 e. The minimum absolute atomic E-state index is 0.505. The Bertz CT molecular complexity index is 435. The van der Waals surface area contributed by atoms with Crippen LogP contribution in [0.2, 0.25) is 0 Å². The first-order valence-electron chi connectivity index (χ1n) is 7.82. The number of aryl methyl sites for hydroxylation is 2. The third-order valence-corrected chi connectivity index (χ3v) is 4.98. The van der Waals surface area contributed by atoms with E-state index in [-0.39, 0.29) is 0 Å². The van der Waals surface area contributed by atoms with Crippen molar-refractivity contribution in [3.8, 4) is 0 Å². The van der Waals surface area contributed by atoms with Crippen LogP contribution >= 0.6 is 0 Å². The Kier molecular flexibility index (Phi) is 3.79. The highest BCUT2D eigenvalue weighted by Crippen LogP contribution is 2.40. The van der Waals surface area contributed by atoms with Gasteiger partial charge in [0.05, 0.1) is 0 Å². The third kappa shape index (κ3) is 2.79. The number of nitrogens with one attached hydrogen (secondary N) is 2. The van der Waals surface area contributed by atoms with Gasteiger partial charge in [-0.05, 0) is 68.8 Å². The van der Waals surface area contributed by atoms with Gasteiger partial charge in [-0.2, -0.15) is 0 Å². The summed E-state index contributed by atoms with van der Waals surface area (Å²) in [6.07, 6.45) is 9.40. The van der Waals surface area contributed by atoms with Gasteiger partial charge in [0, 0.05) is 24.2 Å². The minimum atomic E-state index is 0.505. The van der Waals surface area contributed by atoms with E-state index in [9.17, 15) is 0 Å². The average molecular weight is 258 g/mol. The fraction of sp³-hybridized carbons (Fsp3) is 0.647. The van der Waals surface area contributed by atoms with Crippen LogP contribution in [0.1, 0.15) is 43.2 Å². The molecule has 0 spiro atoms. The van der Waals surface area contributed by atoms with Gasteiger partial charge in [0.25, 0.3) is 0 Å². The van der Waals surface area contributed by atoms with Gasteiger partial charge in [0.2, 0.25) is 0 Å². The van der Waals surface area contributed by atoms with Crippen LogP contribution in [0, 0.1) is 5.41 Å². The summed E-state index contributed by atoms with van der Waals surface area (Å²) in [5, 5.41) is 7.04. The number of hydrogen-bond donors (Lipinski definition) is 2. The summed E-state index contributed by atoms with van der Waals surface area (Å²) in [5.41, 5.74) is 4.98. The summed E-state index contributed by atoms with van der Waals surface area (Å²) in [7, 11) is 2.07. The van der Waals surface area contributed by atoms with E-state index in [0.29, 0.717) is 5.41 Å². The SMILES string of the molecule is CNCC1(CNc2ccc3c(c2)CCCC3)CCC1. The van der Waals surface area contributed by atoms with E-state index in [2.05, 4.69) is 35.9 Å². The molecule has 0 unspecified atom stereocenters. The maximum atomic E-state index is 3.68. The summed E-state index contributed by atoms with van der Waals surface area (Å²) in [5.74, 6) is 0. The number of anilines is 1. The van der Waals surface area contributed by atoms with Gasteiger partial charge in [0.15, 0.2) is 0 Å². The second-order valence-corrected chi connectivity index (χ2v) is 6.43. The largest absolute Gasteiger partial charge is 0.384 e. The standard InChI is InChI=1S/C17H26N2/c1-18-12-17(9-4-10-17)13-19-16-8-7-14-5-2-3-6-15(14)11-16/h7-8,11,18-19H,2-6,9-10,12-13H2,1H3. The Morgan fingerprint density at radius 1 is 1.00 bits per heavy atom. The van der Waals surface area contributed by atoms with E-state index in [1.54, 1.807) is 11.1 Å². The fourth-order valence-corrected chi connectivity index (χ4v) is 3.60. The van der Waals surface area contributed by atoms with Crippen molar-refractivity contribution in [2.75, 3.05) is 25.5 Å². The predicted molar refractivity (Wildman–Crippen MR) is 81.8 cm³/mol. The molecule has 0 radical (unpaired) electrons. The van der Waals surface area contributed by atoms with Crippen molar-refractivity contribution in [3.63, 3.8) is 0 Å². The molecule has 1 saturated carbocycles. The molecule has 0 saturated heterocycles. The molecule has 2 nitrogen and oxygen atoms in total. The smallest absolute Gasteiger partial charge is 0.0343 e. The lowest BCUT2D eigenvalue weighted by Gasteiger charge is -2.42. The van der Waals surface area contributed by atoms with E-state index in [0.717, 1.165) is 13.1 Å². The van der Waals surface area contributed by atoms with Gasteiger partial charge in [-0.3, -0.25) is 0 Å². The fourth-order valence-electron chi connectivity index (χ4n) is 3.60. The lowest BCUT2D eigenvalue weighted by atomic mass is 9.68. The molecule has 2 heteroatoms. The molecule has 2 N–H and O–H groups in total. The van der Waals surface area contributed by atoms with Crippen LogP contribution in [0.5, 0.6) is 0 Å². The predicted octanol–water partition coefficient (Wildman–Crippen LogP) is 3.37. The summed E-state index contributed by atoms with van der Waals surface area (Å²) >= 11 is 0. The number of rotatable bonds is 5. The number of benzene rings is 1. The van der Waals surface area contributed by atoms with Crippen LogP contribution in [-0.4, -0.2) is 20.1 Å². The zero-order valence-electron chi connectivity index (χ0n) is 12.1. The zero-order chi connectivity index (χ0) is 13.1. The summed E-state index contributed by atoms with van der Waals surface area (Å²) < 4.78 is 0.